The maximum atomic E-state index is 9.12. The SMILES string of the molecule is CN=C(C=C(C)N)Nc1cc(Nc2ccc(N3CCN(CCO)CC3)cc2C)c(Cl)cn1. The molecule has 8 nitrogen and oxygen atoms in total. The summed E-state index contributed by atoms with van der Waals surface area (Å²) in [5.74, 6) is 1.23. The van der Waals surface area contributed by atoms with Crippen LogP contribution in [0.25, 0.3) is 0 Å². The lowest BCUT2D eigenvalue weighted by Crippen LogP contribution is -2.47. The average Bonchev–Trinajstić information content (AvgIpc) is 2.77. The minimum atomic E-state index is 0.212. The molecule has 5 N–H and O–H groups in total. The number of aliphatic hydroxyl groups excluding tert-OH is 1. The molecule has 2 aromatic rings. The fraction of sp³-hybridized carbons (Fsp3) is 0.391. The molecule has 0 amide bonds. The van der Waals surface area contributed by atoms with Crippen molar-refractivity contribution in [3.63, 3.8) is 0 Å². The van der Waals surface area contributed by atoms with Gasteiger partial charge in [-0.05, 0) is 43.7 Å². The summed E-state index contributed by atoms with van der Waals surface area (Å²) in [6, 6.07) is 8.24. The number of aliphatic imine (C=N–C) groups is 1. The van der Waals surface area contributed by atoms with Crippen LogP contribution >= 0.6 is 11.6 Å². The predicted octanol–water partition coefficient (Wildman–Crippen LogP) is 3.20. The minimum absolute atomic E-state index is 0.212. The van der Waals surface area contributed by atoms with Crippen LogP contribution in [0, 0.1) is 6.92 Å². The summed E-state index contributed by atoms with van der Waals surface area (Å²) in [6.07, 6.45) is 3.35. The Balaban J connectivity index is 1.71. The Morgan fingerprint density at radius 2 is 2.00 bits per heavy atom. The molecule has 1 aromatic heterocycles. The summed E-state index contributed by atoms with van der Waals surface area (Å²) < 4.78 is 0. The first-order chi connectivity index (χ1) is 15.4. The van der Waals surface area contributed by atoms with Crippen LogP contribution in [0.4, 0.5) is 22.9 Å². The number of nitrogens with two attached hydrogens (primary N) is 1. The smallest absolute Gasteiger partial charge is 0.133 e. The van der Waals surface area contributed by atoms with Crippen molar-refractivity contribution in [3.8, 4) is 0 Å². The number of rotatable bonds is 7. The number of amidine groups is 1. The van der Waals surface area contributed by atoms with Crippen LogP contribution in [-0.2, 0) is 0 Å². The number of aliphatic hydroxyl groups is 1. The molecule has 0 unspecified atom stereocenters. The zero-order valence-corrected chi connectivity index (χ0v) is 19.7. The van der Waals surface area contributed by atoms with Crippen LogP contribution in [0.2, 0.25) is 5.02 Å². The van der Waals surface area contributed by atoms with E-state index in [1.54, 1.807) is 26.2 Å². The quantitative estimate of drug-likeness (QED) is 0.374. The molecule has 0 saturated carbocycles. The Bertz CT molecular complexity index is 980. The highest BCUT2D eigenvalue weighted by Gasteiger charge is 2.17. The predicted molar refractivity (Wildman–Crippen MR) is 134 cm³/mol. The second-order valence-electron chi connectivity index (χ2n) is 7.85. The lowest BCUT2D eigenvalue weighted by molar-refractivity contribution is 0.189. The van der Waals surface area contributed by atoms with E-state index in [0.29, 0.717) is 22.4 Å². The molecule has 1 fully saturated rings. The molecule has 1 saturated heterocycles. The van der Waals surface area contributed by atoms with Gasteiger partial charge in [0, 0.05) is 62.9 Å². The molecule has 0 atom stereocenters. The molecule has 0 radical (unpaired) electrons. The number of aromatic nitrogens is 1. The standard InChI is InChI=1S/C23H32ClN7O/c1-16-12-18(31-8-6-30(7-9-31)10-11-32)4-5-20(16)28-21-14-23(27-15-19(21)24)29-22(26-3)13-17(2)25/h4-5,12-15,32H,6-11,25H2,1-3H3,(H2,26,27,28,29). The van der Waals surface area contributed by atoms with Gasteiger partial charge in [-0.15, -0.1) is 0 Å². The summed E-state index contributed by atoms with van der Waals surface area (Å²) in [4.78, 5) is 13.2. The van der Waals surface area contributed by atoms with Gasteiger partial charge in [-0.3, -0.25) is 9.89 Å². The Morgan fingerprint density at radius 3 is 2.62 bits per heavy atom. The summed E-state index contributed by atoms with van der Waals surface area (Å²) in [7, 11) is 1.69. The zero-order valence-electron chi connectivity index (χ0n) is 18.9. The number of nitrogens with one attached hydrogen (secondary N) is 2. The van der Waals surface area contributed by atoms with Gasteiger partial charge < -0.3 is 26.4 Å². The molecule has 3 rings (SSSR count). The molecule has 1 aliphatic heterocycles. The molecule has 0 spiro atoms. The first kappa shape index (κ1) is 23.8. The number of halogens is 1. The zero-order chi connectivity index (χ0) is 23.1. The Labute approximate surface area is 194 Å². The molecular formula is C23H32ClN7O. The van der Waals surface area contributed by atoms with E-state index in [1.165, 1.54) is 5.69 Å². The van der Waals surface area contributed by atoms with E-state index < -0.39 is 0 Å². The largest absolute Gasteiger partial charge is 0.402 e. The van der Waals surface area contributed by atoms with Crippen molar-refractivity contribution in [2.45, 2.75) is 13.8 Å². The summed E-state index contributed by atoms with van der Waals surface area (Å²) in [6.45, 7) is 8.67. The van der Waals surface area contributed by atoms with Gasteiger partial charge in [-0.2, -0.15) is 0 Å². The second-order valence-corrected chi connectivity index (χ2v) is 8.26. The van der Waals surface area contributed by atoms with Gasteiger partial charge in [0.05, 0.1) is 23.5 Å². The molecule has 9 heteroatoms. The average molecular weight is 458 g/mol. The lowest BCUT2D eigenvalue weighted by atomic mass is 10.1. The number of hydrogen-bond acceptors (Lipinski definition) is 7. The highest BCUT2D eigenvalue weighted by atomic mass is 35.5. The number of hydrogen-bond donors (Lipinski definition) is 4. The molecule has 0 aliphatic carbocycles. The minimum Gasteiger partial charge on any atom is -0.402 e. The molecular weight excluding hydrogens is 426 g/mol. The highest BCUT2D eigenvalue weighted by Crippen LogP contribution is 2.30. The van der Waals surface area contributed by atoms with E-state index >= 15 is 0 Å². The Hall–Kier alpha value is -2.81. The fourth-order valence-corrected chi connectivity index (χ4v) is 3.76. The van der Waals surface area contributed by atoms with Crippen molar-refractivity contribution in [2.24, 2.45) is 10.7 Å². The molecule has 172 valence electrons. The number of benzene rings is 1. The van der Waals surface area contributed by atoms with Gasteiger partial charge in [-0.1, -0.05) is 11.6 Å². The summed E-state index contributed by atoms with van der Waals surface area (Å²) in [5, 5.41) is 16.2. The Morgan fingerprint density at radius 1 is 1.25 bits per heavy atom. The number of anilines is 4. The maximum Gasteiger partial charge on any atom is 0.133 e. The molecule has 2 heterocycles. The van der Waals surface area contributed by atoms with E-state index in [-0.39, 0.29) is 6.61 Å². The van der Waals surface area contributed by atoms with Crippen LogP contribution in [-0.4, -0.2) is 67.2 Å². The molecule has 1 aromatic carbocycles. The van der Waals surface area contributed by atoms with Gasteiger partial charge in [0.2, 0.25) is 0 Å². The topological polar surface area (TPSA) is 102 Å². The first-order valence-corrected chi connectivity index (χ1v) is 11.1. The van der Waals surface area contributed by atoms with Crippen molar-refractivity contribution in [2.75, 3.05) is 61.9 Å². The Kier molecular flexibility index (Phi) is 8.33. The van der Waals surface area contributed by atoms with Gasteiger partial charge in [-0.25, -0.2) is 4.98 Å². The molecule has 0 bridgehead atoms. The van der Waals surface area contributed by atoms with Gasteiger partial charge in [0.25, 0.3) is 0 Å². The van der Waals surface area contributed by atoms with Crippen molar-refractivity contribution in [3.05, 3.63) is 52.8 Å². The number of piperazine rings is 1. The number of β-amino-alcohol motifs (C(OH)–C–C–N with tert-alkyl or cyclic N) is 1. The normalized spacial score (nSPS) is 15.7. The van der Waals surface area contributed by atoms with E-state index in [2.05, 4.69) is 55.5 Å². The third kappa shape index (κ3) is 6.35. The van der Waals surface area contributed by atoms with Gasteiger partial charge in [0.15, 0.2) is 0 Å². The third-order valence-corrected chi connectivity index (χ3v) is 5.65. The molecule has 32 heavy (non-hydrogen) atoms. The monoisotopic (exact) mass is 457 g/mol. The fourth-order valence-electron chi connectivity index (χ4n) is 3.61. The lowest BCUT2D eigenvalue weighted by Gasteiger charge is -2.36. The van der Waals surface area contributed by atoms with E-state index in [4.69, 9.17) is 22.4 Å². The van der Waals surface area contributed by atoms with E-state index in [1.807, 2.05) is 6.07 Å². The van der Waals surface area contributed by atoms with Crippen molar-refractivity contribution in [1.29, 1.82) is 0 Å². The van der Waals surface area contributed by atoms with Crippen molar-refractivity contribution < 1.29 is 5.11 Å². The number of aryl methyl sites for hydroxylation is 1. The summed E-state index contributed by atoms with van der Waals surface area (Å²) in [5.41, 5.74) is 10.5. The number of nitrogens with zero attached hydrogens (tertiary/aromatic N) is 4. The first-order valence-electron chi connectivity index (χ1n) is 10.7. The van der Waals surface area contributed by atoms with Crippen LogP contribution in [0.15, 0.2) is 47.2 Å². The van der Waals surface area contributed by atoms with E-state index in [0.717, 1.165) is 49.7 Å². The summed E-state index contributed by atoms with van der Waals surface area (Å²) >= 11 is 6.40. The number of pyridine rings is 1. The van der Waals surface area contributed by atoms with Crippen molar-refractivity contribution >= 4 is 40.3 Å². The van der Waals surface area contributed by atoms with Crippen LogP contribution in [0.3, 0.4) is 0 Å². The van der Waals surface area contributed by atoms with Gasteiger partial charge >= 0.3 is 0 Å². The maximum absolute atomic E-state index is 9.12. The van der Waals surface area contributed by atoms with E-state index in [9.17, 15) is 0 Å². The molecule has 1 aliphatic rings. The third-order valence-electron chi connectivity index (χ3n) is 5.35. The van der Waals surface area contributed by atoms with Crippen molar-refractivity contribution in [1.82, 2.24) is 9.88 Å². The van der Waals surface area contributed by atoms with Crippen LogP contribution < -0.4 is 21.3 Å². The van der Waals surface area contributed by atoms with Crippen LogP contribution in [0.5, 0.6) is 0 Å². The second kappa shape index (κ2) is 11.2. The van der Waals surface area contributed by atoms with Crippen LogP contribution in [0.1, 0.15) is 12.5 Å². The highest BCUT2D eigenvalue weighted by molar-refractivity contribution is 6.33. The van der Waals surface area contributed by atoms with Gasteiger partial charge in [0.1, 0.15) is 11.7 Å². The number of allylic oxidation sites excluding steroid dienone is 1.